The van der Waals surface area contributed by atoms with E-state index in [-0.39, 0.29) is 23.1 Å². The number of fused-ring (bicyclic) bond motifs is 1. The van der Waals surface area contributed by atoms with Gasteiger partial charge < -0.3 is 15.6 Å². The summed E-state index contributed by atoms with van der Waals surface area (Å²) in [6.45, 7) is 3.48. The molecule has 15 heteroatoms. The summed E-state index contributed by atoms with van der Waals surface area (Å²) in [5.41, 5.74) is -0.810. The van der Waals surface area contributed by atoms with Gasteiger partial charge in [0.2, 0.25) is 5.91 Å². The second kappa shape index (κ2) is 10.7. The van der Waals surface area contributed by atoms with Gasteiger partial charge in [0.1, 0.15) is 11.5 Å². The Kier molecular flexibility index (Phi) is 7.87. The molecule has 0 bridgehead atoms. The van der Waals surface area contributed by atoms with Gasteiger partial charge in [-0.15, -0.1) is 0 Å². The Morgan fingerprint density at radius 2 is 1.80 bits per heavy atom. The minimum Gasteiger partial charge on any atom is -0.349 e. The number of imidazole rings is 1. The number of alkyl halides is 6. The Hall–Kier alpha value is -3.65. The monoisotopic (exact) mass is 574 g/mol. The van der Waals surface area contributed by atoms with Gasteiger partial charge >= 0.3 is 12.4 Å². The van der Waals surface area contributed by atoms with Gasteiger partial charge in [-0.2, -0.15) is 26.3 Å². The van der Waals surface area contributed by atoms with Crippen molar-refractivity contribution in [1.82, 2.24) is 30.9 Å². The third-order valence-corrected chi connectivity index (χ3v) is 6.91. The van der Waals surface area contributed by atoms with Crippen LogP contribution in [-0.4, -0.2) is 44.4 Å². The number of hydrogen-bond donors (Lipinski definition) is 3. The van der Waals surface area contributed by atoms with Gasteiger partial charge in [0.15, 0.2) is 5.69 Å². The number of nitrogens with one attached hydrogen (secondary N) is 3. The summed E-state index contributed by atoms with van der Waals surface area (Å²) >= 11 is 0. The number of aromatic nitrogens is 4. The van der Waals surface area contributed by atoms with Crippen molar-refractivity contribution < 1.29 is 40.6 Å². The molecule has 1 saturated carbocycles. The molecule has 4 rings (SSSR count). The van der Waals surface area contributed by atoms with E-state index < -0.39 is 60.9 Å². The summed E-state index contributed by atoms with van der Waals surface area (Å²) in [5, 5.41) is 12.2. The highest BCUT2D eigenvalue weighted by Crippen LogP contribution is 2.44. The molecular formula is C25H28F6N6O3. The minimum absolute atomic E-state index is 0.0460. The number of rotatable bonds is 10. The van der Waals surface area contributed by atoms with E-state index in [0.29, 0.717) is 16.6 Å². The molecule has 0 radical (unpaired) electrons. The lowest BCUT2D eigenvalue weighted by Gasteiger charge is -2.31. The molecule has 2 atom stereocenters. The molecule has 3 N–H and O–H groups in total. The molecule has 40 heavy (non-hydrogen) atoms. The van der Waals surface area contributed by atoms with Crippen LogP contribution in [0.15, 0.2) is 22.8 Å². The highest BCUT2D eigenvalue weighted by atomic mass is 19.4. The number of aromatic amines is 1. The van der Waals surface area contributed by atoms with E-state index in [1.165, 1.54) is 6.92 Å². The Labute approximate surface area is 224 Å². The predicted molar refractivity (Wildman–Crippen MR) is 129 cm³/mol. The maximum Gasteiger partial charge on any atom is 0.394 e. The summed E-state index contributed by atoms with van der Waals surface area (Å²) in [7, 11) is 0. The topological polar surface area (TPSA) is 126 Å². The Balaban J connectivity index is 1.61. The number of amides is 2. The van der Waals surface area contributed by atoms with E-state index in [2.05, 4.69) is 35.5 Å². The lowest BCUT2D eigenvalue weighted by Crippen LogP contribution is -2.39. The van der Waals surface area contributed by atoms with Crippen LogP contribution >= 0.6 is 0 Å². The average molecular weight is 575 g/mol. The zero-order valence-electron chi connectivity index (χ0n) is 21.8. The Bertz CT molecular complexity index is 1380. The molecule has 2 aromatic heterocycles. The first-order chi connectivity index (χ1) is 18.5. The normalized spacial score (nSPS) is 16.1. The zero-order valence-corrected chi connectivity index (χ0v) is 21.8. The van der Waals surface area contributed by atoms with Crippen LogP contribution in [0.25, 0.3) is 11.0 Å². The van der Waals surface area contributed by atoms with Crippen LogP contribution in [0.4, 0.5) is 26.3 Å². The molecule has 9 nitrogen and oxygen atoms in total. The Morgan fingerprint density at radius 1 is 1.10 bits per heavy atom. The van der Waals surface area contributed by atoms with Gasteiger partial charge in [-0.1, -0.05) is 25.1 Å². The van der Waals surface area contributed by atoms with E-state index in [1.807, 2.05) is 0 Å². The number of halogens is 6. The first-order valence-corrected chi connectivity index (χ1v) is 12.6. The summed E-state index contributed by atoms with van der Waals surface area (Å²) in [4.78, 5) is 32.4. The maximum atomic E-state index is 13.8. The second-order valence-corrected chi connectivity index (χ2v) is 10.7. The molecule has 0 aliphatic heterocycles. The Morgan fingerprint density at radius 3 is 2.38 bits per heavy atom. The van der Waals surface area contributed by atoms with E-state index in [9.17, 15) is 35.9 Å². The van der Waals surface area contributed by atoms with Crippen LogP contribution in [-0.2, 0) is 4.79 Å². The van der Waals surface area contributed by atoms with Crippen LogP contribution in [0.2, 0.25) is 0 Å². The highest BCUT2D eigenvalue weighted by Gasteiger charge is 2.49. The fourth-order valence-corrected chi connectivity index (χ4v) is 4.31. The largest absolute Gasteiger partial charge is 0.394 e. The van der Waals surface area contributed by atoms with Crippen LogP contribution in [0.5, 0.6) is 0 Å². The molecular weight excluding hydrogens is 546 g/mol. The molecule has 1 aromatic carbocycles. The number of carbonyl (C=O) groups is 2. The quantitative estimate of drug-likeness (QED) is 0.270. The van der Waals surface area contributed by atoms with Crippen LogP contribution in [0.1, 0.15) is 85.6 Å². The minimum atomic E-state index is -4.58. The number of benzene rings is 1. The first kappa shape index (κ1) is 29.3. The standard InChI is InChI=1S/C25H28F6N6O3/c1-12-19(37-40-36-12)22(39)34-17(11-23(2,3)25(29,30)31)21-32-15-7-6-14(10-16(15)33-21)20(13-4-5-13)35-18(38)8-9-24(26,27)28/h6-7,10,13,17,20H,4-5,8-9,11H2,1-3H3,(H,32,33)(H,34,39)(H,35,38)/t17-,20+/m0/s1. The number of aryl methyl sites for hydroxylation is 1. The van der Waals surface area contributed by atoms with Crippen LogP contribution in [0.3, 0.4) is 0 Å². The van der Waals surface area contributed by atoms with E-state index in [4.69, 9.17) is 0 Å². The smallest absolute Gasteiger partial charge is 0.349 e. The number of H-pyrrole nitrogens is 1. The van der Waals surface area contributed by atoms with Gasteiger partial charge in [-0.3, -0.25) is 9.59 Å². The van der Waals surface area contributed by atoms with Gasteiger partial charge in [0, 0.05) is 6.42 Å². The molecule has 218 valence electrons. The molecule has 1 fully saturated rings. The zero-order chi connectivity index (χ0) is 29.5. The maximum absolute atomic E-state index is 13.8. The summed E-state index contributed by atoms with van der Waals surface area (Å²) < 4.78 is 83.4. The number of carbonyl (C=O) groups excluding carboxylic acids is 2. The number of nitrogens with zero attached hydrogens (tertiary/aromatic N) is 3. The van der Waals surface area contributed by atoms with Crippen molar-refractivity contribution in [1.29, 1.82) is 0 Å². The van der Waals surface area contributed by atoms with Gasteiger partial charge in [-0.25, -0.2) is 9.61 Å². The third kappa shape index (κ3) is 6.91. The molecule has 2 amide bonds. The lowest BCUT2D eigenvalue weighted by molar-refractivity contribution is -0.215. The van der Waals surface area contributed by atoms with Crippen LogP contribution in [0, 0.1) is 18.3 Å². The highest BCUT2D eigenvalue weighted by molar-refractivity contribution is 5.93. The van der Waals surface area contributed by atoms with Crippen molar-refractivity contribution in [3.63, 3.8) is 0 Å². The van der Waals surface area contributed by atoms with Gasteiger partial charge in [-0.05, 0) is 55.0 Å². The lowest BCUT2D eigenvalue weighted by atomic mass is 9.84. The van der Waals surface area contributed by atoms with Crippen molar-refractivity contribution in [2.45, 2.75) is 77.3 Å². The summed E-state index contributed by atoms with van der Waals surface area (Å²) in [6.07, 6.45) is -9.95. The molecule has 1 aliphatic rings. The molecule has 0 saturated heterocycles. The fourth-order valence-electron chi connectivity index (χ4n) is 4.31. The SMILES string of the molecule is Cc1nonc1C(=O)N[C@@H](CC(C)(C)C(F)(F)F)c1nc2cc([C@H](NC(=O)CCC(F)(F)F)C3CC3)ccc2[nH]1. The van der Waals surface area contributed by atoms with Gasteiger partial charge in [0.05, 0.1) is 35.0 Å². The van der Waals surface area contributed by atoms with Crippen molar-refractivity contribution in [3.8, 4) is 0 Å². The van der Waals surface area contributed by atoms with E-state index >= 15 is 0 Å². The van der Waals surface area contributed by atoms with Crippen molar-refractivity contribution in [2.24, 2.45) is 11.3 Å². The number of hydrogen-bond acceptors (Lipinski definition) is 6. The predicted octanol–water partition coefficient (Wildman–Crippen LogP) is 5.61. The summed E-state index contributed by atoms with van der Waals surface area (Å²) in [6, 6.07) is 3.18. The van der Waals surface area contributed by atoms with Crippen LogP contribution < -0.4 is 10.6 Å². The first-order valence-electron chi connectivity index (χ1n) is 12.6. The second-order valence-electron chi connectivity index (χ2n) is 10.7. The van der Waals surface area contributed by atoms with E-state index in [0.717, 1.165) is 26.7 Å². The summed E-state index contributed by atoms with van der Waals surface area (Å²) in [5.74, 6) is -1.42. The molecule has 3 aromatic rings. The molecule has 2 heterocycles. The average Bonchev–Trinajstić information content (AvgIpc) is 3.44. The molecule has 1 aliphatic carbocycles. The molecule has 0 spiro atoms. The molecule has 0 unspecified atom stereocenters. The van der Waals surface area contributed by atoms with Crippen molar-refractivity contribution >= 4 is 22.8 Å². The fraction of sp³-hybridized carbons (Fsp3) is 0.560. The van der Waals surface area contributed by atoms with E-state index in [1.54, 1.807) is 18.2 Å². The third-order valence-electron chi connectivity index (χ3n) is 6.91. The van der Waals surface area contributed by atoms with Crippen molar-refractivity contribution in [3.05, 3.63) is 41.0 Å². The van der Waals surface area contributed by atoms with Gasteiger partial charge in [0.25, 0.3) is 5.91 Å². The van der Waals surface area contributed by atoms with Crippen molar-refractivity contribution in [2.75, 3.05) is 0 Å².